The molecule has 2 nitrogen and oxygen atoms in total. The van der Waals surface area contributed by atoms with E-state index in [1.54, 1.807) is 0 Å². The standard InChI is InChI=1S/C9H19NO/c1-6(2)4-8-9(11)5-7(3)10-8/h6-11H,4-5H2,1-3H3/t7?,8-,9+/m1/s1. The lowest BCUT2D eigenvalue weighted by Crippen LogP contribution is -2.33. The Hall–Kier alpha value is -0.0800. The molecule has 0 aromatic rings. The fourth-order valence-electron chi connectivity index (χ4n) is 1.80. The molecule has 1 saturated heterocycles. The normalized spacial score (nSPS) is 38.5. The lowest BCUT2D eigenvalue weighted by atomic mass is 10.0. The number of aliphatic hydroxyl groups is 1. The molecule has 0 saturated carbocycles. The third-order valence-corrected chi connectivity index (χ3v) is 2.28. The summed E-state index contributed by atoms with van der Waals surface area (Å²) < 4.78 is 0. The number of rotatable bonds is 2. The highest BCUT2D eigenvalue weighted by Gasteiger charge is 2.29. The summed E-state index contributed by atoms with van der Waals surface area (Å²) in [5.74, 6) is 0.674. The second kappa shape index (κ2) is 3.55. The van der Waals surface area contributed by atoms with Crippen molar-refractivity contribution in [2.24, 2.45) is 5.92 Å². The van der Waals surface area contributed by atoms with Gasteiger partial charge in [0.05, 0.1) is 6.10 Å². The van der Waals surface area contributed by atoms with Gasteiger partial charge in [-0.3, -0.25) is 0 Å². The van der Waals surface area contributed by atoms with Crippen molar-refractivity contribution in [3.05, 3.63) is 0 Å². The average Bonchev–Trinajstić information content (AvgIpc) is 2.09. The molecule has 0 bridgehead atoms. The molecule has 2 heteroatoms. The van der Waals surface area contributed by atoms with Gasteiger partial charge in [0.25, 0.3) is 0 Å². The summed E-state index contributed by atoms with van der Waals surface area (Å²) in [6, 6.07) is 0.832. The largest absolute Gasteiger partial charge is 0.391 e. The Bertz CT molecular complexity index is 125. The topological polar surface area (TPSA) is 32.3 Å². The van der Waals surface area contributed by atoms with Gasteiger partial charge in [0.2, 0.25) is 0 Å². The minimum atomic E-state index is -0.118. The highest BCUT2D eigenvalue weighted by Crippen LogP contribution is 2.18. The molecule has 1 rings (SSSR count). The maximum absolute atomic E-state index is 9.55. The fraction of sp³-hybridized carbons (Fsp3) is 1.00. The zero-order valence-corrected chi connectivity index (χ0v) is 7.67. The number of hydrogen-bond acceptors (Lipinski definition) is 2. The van der Waals surface area contributed by atoms with E-state index in [9.17, 15) is 5.11 Å². The third-order valence-electron chi connectivity index (χ3n) is 2.28. The van der Waals surface area contributed by atoms with Crippen LogP contribution in [0.25, 0.3) is 0 Å². The minimum absolute atomic E-state index is 0.118. The summed E-state index contributed by atoms with van der Waals surface area (Å²) in [4.78, 5) is 0. The first-order valence-electron chi connectivity index (χ1n) is 4.53. The van der Waals surface area contributed by atoms with E-state index in [1.165, 1.54) is 0 Å². The van der Waals surface area contributed by atoms with Crippen molar-refractivity contribution >= 4 is 0 Å². The van der Waals surface area contributed by atoms with Crippen molar-refractivity contribution in [2.45, 2.75) is 51.8 Å². The van der Waals surface area contributed by atoms with Gasteiger partial charge in [0, 0.05) is 12.1 Å². The van der Waals surface area contributed by atoms with E-state index in [1.807, 2.05) is 0 Å². The van der Waals surface area contributed by atoms with E-state index in [4.69, 9.17) is 0 Å². The molecule has 3 atom stereocenters. The third kappa shape index (κ3) is 2.46. The minimum Gasteiger partial charge on any atom is -0.391 e. The Morgan fingerprint density at radius 2 is 2.18 bits per heavy atom. The molecule has 1 unspecified atom stereocenters. The highest BCUT2D eigenvalue weighted by molar-refractivity contribution is 4.88. The van der Waals surface area contributed by atoms with Crippen LogP contribution in [0, 0.1) is 5.92 Å². The average molecular weight is 157 g/mol. The molecule has 11 heavy (non-hydrogen) atoms. The van der Waals surface area contributed by atoms with Crippen molar-refractivity contribution in [1.29, 1.82) is 0 Å². The predicted octanol–water partition coefficient (Wildman–Crippen LogP) is 1.14. The SMILES string of the molecule is CC(C)C[C@H]1NC(C)C[C@@H]1O. The Balaban J connectivity index is 2.34. The van der Waals surface area contributed by atoms with Crippen molar-refractivity contribution in [1.82, 2.24) is 5.32 Å². The lowest BCUT2D eigenvalue weighted by Gasteiger charge is -2.16. The van der Waals surface area contributed by atoms with Gasteiger partial charge in [0.15, 0.2) is 0 Å². The molecule has 1 fully saturated rings. The predicted molar refractivity (Wildman–Crippen MR) is 46.5 cm³/mol. The Morgan fingerprint density at radius 1 is 1.55 bits per heavy atom. The van der Waals surface area contributed by atoms with Crippen LogP contribution >= 0.6 is 0 Å². The molecule has 1 heterocycles. The van der Waals surface area contributed by atoms with Crippen LogP contribution in [0.3, 0.4) is 0 Å². The summed E-state index contributed by atoms with van der Waals surface area (Å²) >= 11 is 0. The molecule has 0 aromatic heterocycles. The summed E-state index contributed by atoms with van der Waals surface area (Å²) in [5.41, 5.74) is 0. The van der Waals surface area contributed by atoms with Gasteiger partial charge in [0.1, 0.15) is 0 Å². The second-order valence-corrected chi connectivity index (χ2v) is 4.11. The van der Waals surface area contributed by atoms with E-state index in [2.05, 4.69) is 26.1 Å². The first kappa shape index (κ1) is 9.01. The van der Waals surface area contributed by atoms with Gasteiger partial charge in [-0.05, 0) is 25.7 Å². The van der Waals surface area contributed by atoms with Crippen molar-refractivity contribution < 1.29 is 5.11 Å². The summed E-state index contributed by atoms with van der Waals surface area (Å²) in [6.45, 7) is 6.51. The van der Waals surface area contributed by atoms with Gasteiger partial charge in [-0.1, -0.05) is 13.8 Å². The lowest BCUT2D eigenvalue weighted by molar-refractivity contribution is 0.148. The number of aliphatic hydroxyl groups excluding tert-OH is 1. The maximum Gasteiger partial charge on any atom is 0.0708 e. The van der Waals surface area contributed by atoms with Gasteiger partial charge in [-0.2, -0.15) is 0 Å². The van der Waals surface area contributed by atoms with E-state index < -0.39 is 0 Å². The molecule has 2 N–H and O–H groups in total. The maximum atomic E-state index is 9.55. The molecule has 1 aliphatic heterocycles. The molecule has 0 amide bonds. The van der Waals surface area contributed by atoms with E-state index >= 15 is 0 Å². The molecule has 0 radical (unpaired) electrons. The monoisotopic (exact) mass is 157 g/mol. The zero-order valence-electron chi connectivity index (χ0n) is 7.67. The van der Waals surface area contributed by atoms with Crippen LogP contribution in [0.1, 0.15) is 33.6 Å². The van der Waals surface area contributed by atoms with Crippen molar-refractivity contribution in [2.75, 3.05) is 0 Å². The van der Waals surface area contributed by atoms with Crippen molar-refractivity contribution in [3.63, 3.8) is 0 Å². The van der Waals surface area contributed by atoms with Gasteiger partial charge >= 0.3 is 0 Å². The molecule has 0 aromatic carbocycles. The van der Waals surface area contributed by atoms with E-state index in [-0.39, 0.29) is 6.10 Å². The first-order valence-corrected chi connectivity index (χ1v) is 4.53. The molecular formula is C9H19NO. The second-order valence-electron chi connectivity index (χ2n) is 4.11. The van der Waals surface area contributed by atoms with Crippen LogP contribution in [-0.4, -0.2) is 23.3 Å². The Labute approximate surface area is 69.0 Å². The molecule has 1 aliphatic rings. The van der Waals surface area contributed by atoms with Crippen LogP contribution in [-0.2, 0) is 0 Å². The van der Waals surface area contributed by atoms with Crippen LogP contribution in [0.15, 0.2) is 0 Å². The van der Waals surface area contributed by atoms with Crippen LogP contribution in [0.4, 0.5) is 0 Å². The first-order chi connectivity index (χ1) is 5.09. The molecule has 66 valence electrons. The molecule has 0 aliphatic carbocycles. The number of nitrogens with one attached hydrogen (secondary N) is 1. The van der Waals surface area contributed by atoms with Crippen LogP contribution < -0.4 is 5.32 Å². The van der Waals surface area contributed by atoms with Gasteiger partial charge in [-0.25, -0.2) is 0 Å². The smallest absolute Gasteiger partial charge is 0.0708 e. The Morgan fingerprint density at radius 3 is 2.55 bits per heavy atom. The summed E-state index contributed by atoms with van der Waals surface area (Å²) in [5, 5.41) is 12.9. The molecule has 0 spiro atoms. The molecular weight excluding hydrogens is 138 g/mol. The van der Waals surface area contributed by atoms with E-state index in [0.717, 1.165) is 12.8 Å². The Kier molecular flexibility index (Phi) is 2.90. The highest BCUT2D eigenvalue weighted by atomic mass is 16.3. The van der Waals surface area contributed by atoms with Gasteiger partial charge < -0.3 is 10.4 Å². The van der Waals surface area contributed by atoms with Crippen LogP contribution in [0.5, 0.6) is 0 Å². The summed E-state index contributed by atoms with van der Waals surface area (Å²) in [7, 11) is 0. The van der Waals surface area contributed by atoms with E-state index in [0.29, 0.717) is 18.0 Å². The zero-order chi connectivity index (χ0) is 8.43. The summed E-state index contributed by atoms with van der Waals surface area (Å²) in [6.07, 6.45) is 1.88. The number of hydrogen-bond donors (Lipinski definition) is 2. The van der Waals surface area contributed by atoms with Crippen molar-refractivity contribution in [3.8, 4) is 0 Å². The van der Waals surface area contributed by atoms with Gasteiger partial charge in [-0.15, -0.1) is 0 Å². The quantitative estimate of drug-likeness (QED) is 0.630. The van der Waals surface area contributed by atoms with Crippen LogP contribution in [0.2, 0.25) is 0 Å². The fourth-order valence-corrected chi connectivity index (χ4v) is 1.80.